The second kappa shape index (κ2) is 29.1. The molecule has 4 heteroatoms. The molecule has 0 spiro atoms. The molecule has 0 saturated carbocycles. The maximum atomic E-state index is 12.8. The minimum absolute atomic E-state index is 0.254. The van der Waals surface area contributed by atoms with Crippen LogP contribution >= 0.6 is 0 Å². The molecular weight excluding hydrogens is 484 g/mol. The van der Waals surface area contributed by atoms with Crippen molar-refractivity contribution in [3.63, 3.8) is 0 Å². The molecule has 0 bridgehead atoms. The van der Waals surface area contributed by atoms with Crippen molar-refractivity contribution in [1.29, 1.82) is 0 Å². The lowest BCUT2D eigenvalue weighted by Crippen LogP contribution is -2.51. The minimum atomic E-state index is -1.79. The Bertz CT molecular complexity index is 509. The zero-order valence-corrected chi connectivity index (χ0v) is 26.5. The lowest BCUT2D eigenvalue weighted by Gasteiger charge is -2.31. The standard InChI is InChI=1S/C35H70O4/c1-3-5-7-9-11-13-15-17-19-21-23-25-27-29-31-35(39,34(38)32-36)33(37)30-28-26-24-22-20-18-16-14-12-10-8-6-4-2/h34,36,38-39H,3-32H2,1-2H3. The highest BCUT2D eigenvalue weighted by Gasteiger charge is 2.41. The van der Waals surface area contributed by atoms with Gasteiger partial charge in [-0.05, 0) is 12.8 Å². The third-order valence-corrected chi connectivity index (χ3v) is 8.63. The minimum Gasteiger partial charge on any atom is -0.394 e. The maximum absolute atomic E-state index is 12.8. The summed E-state index contributed by atoms with van der Waals surface area (Å²) in [6.45, 7) is 3.95. The molecule has 0 fully saturated rings. The number of unbranched alkanes of at least 4 members (excludes halogenated alkanes) is 25. The normalized spacial score (nSPS) is 14.0. The lowest BCUT2D eigenvalue weighted by molar-refractivity contribution is -0.156. The topological polar surface area (TPSA) is 77.8 Å². The molecule has 3 N–H and O–H groups in total. The summed E-state index contributed by atoms with van der Waals surface area (Å²) in [4.78, 5) is 12.8. The van der Waals surface area contributed by atoms with E-state index in [9.17, 15) is 20.1 Å². The molecule has 0 amide bonds. The number of Topliss-reactive ketones (excluding diaryl/α,β-unsaturated/α-hetero) is 1. The van der Waals surface area contributed by atoms with Crippen molar-refractivity contribution in [3.05, 3.63) is 0 Å². The van der Waals surface area contributed by atoms with Crippen LogP contribution in [0.2, 0.25) is 0 Å². The van der Waals surface area contributed by atoms with Crippen molar-refractivity contribution < 1.29 is 20.1 Å². The summed E-state index contributed by atoms with van der Waals surface area (Å²) >= 11 is 0. The van der Waals surface area contributed by atoms with Gasteiger partial charge in [-0.3, -0.25) is 4.79 Å². The molecule has 0 aliphatic rings. The van der Waals surface area contributed by atoms with Gasteiger partial charge in [0.1, 0.15) is 6.10 Å². The van der Waals surface area contributed by atoms with E-state index in [1.54, 1.807) is 0 Å². The van der Waals surface area contributed by atoms with Crippen LogP contribution in [0.3, 0.4) is 0 Å². The van der Waals surface area contributed by atoms with Gasteiger partial charge in [0, 0.05) is 6.42 Å². The fraction of sp³-hybridized carbons (Fsp3) is 0.971. The van der Waals surface area contributed by atoms with E-state index in [0.29, 0.717) is 6.42 Å². The van der Waals surface area contributed by atoms with E-state index in [4.69, 9.17) is 0 Å². The molecule has 0 aliphatic heterocycles. The predicted octanol–water partition coefficient (Wildman–Crippen LogP) is 9.99. The number of ketones is 1. The van der Waals surface area contributed by atoms with Gasteiger partial charge in [0.2, 0.25) is 0 Å². The smallest absolute Gasteiger partial charge is 0.167 e. The maximum Gasteiger partial charge on any atom is 0.167 e. The number of hydrogen-bond donors (Lipinski definition) is 3. The van der Waals surface area contributed by atoms with Gasteiger partial charge in [-0.2, -0.15) is 0 Å². The number of carbonyl (C=O) groups is 1. The average Bonchev–Trinajstić information content (AvgIpc) is 2.94. The molecule has 234 valence electrons. The molecule has 0 rings (SSSR count). The zero-order valence-electron chi connectivity index (χ0n) is 26.5. The number of rotatable bonds is 32. The Morgan fingerprint density at radius 2 is 0.795 bits per heavy atom. The molecule has 0 aromatic heterocycles. The summed E-state index contributed by atoms with van der Waals surface area (Å²) in [6.07, 6.45) is 32.9. The van der Waals surface area contributed by atoms with Crippen molar-refractivity contribution in [1.82, 2.24) is 0 Å². The van der Waals surface area contributed by atoms with Crippen LogP contribution in [0.1, 0.15) is 200 Å². The highest BCUT2D eigenvalue weighted by Crippen LogP contribution is 2.25. The van der Waals surface area contributed by atoms with Gasteiger partial charge in [-0.1, -0.05) is 181 Å². The third-order valence-electron chi connectivity index (χ3n) is 8.63. The average molecular weight is 555 g/mol. The Kier molecular flexibility index (Phi) is 28.7. The zero-order chi connectivity index (χ0) is 28.9. The number of carbonyl (C=O) groups excluding carboxylic acids is 1. The van der Waals surface area contributed by atoms with E-state index in [0.717, 1.165) is 38.5 Å². The Morgan fingerprint density at radius 3 is 1.10 bits per heavy atom. The van der Waals surface area contributed by atoms with Gasteiger partial charge in [0.25, 0.3) is 0 Å². The first-order valence-corrected chi connectivity index (χ1v) is 17.6. The van der Waals surface area contributed by atoms with Gasteiger partial charge >= 0.3 is 0 Å². The Hall–Kier alpha value is -0.450. The first kappa shape index (κ1) is 38.5. The van der Waals surface area contributed by atoms with Crippen molar-refractivity contribution in [2.24, 2.45) is 0 Å². The summed E-state index contributed by atoms with van der Waals surface area (Å²) in [5, 5.41) is 30.7. The molecule has 4 nitrogen and oxygen atoms in total. The van der Waals surface area contributed by atoms with Crippen molar-refractivity contribution in [2.45, 2.75) is 212 Å². The van der Waals surface area contributed by atoms with E-state index < -0.39 is 18.3 Å². The Balaban J connectivity index is 3.82. The fourth-order valence-corrected chi connectivity index (χ4v) is 5.75. The van der Waals surface area contributed by atoms with Gasteiger partial charge in [0.05, 0.1) is 6.61 Å². The lowest BCUT2D eigenvalue weighted by atomic mass is 9.84. The molecule has 0 aliphatic carbocycles. The van der Waals surface area contributed by atoms with Crippen LogP contribution in [-0.4, -0.2) is 39.4 Å². The number of aliphatic hydroxyl groups is 3. The highest BCUT2D eigenvalue weighted by atomic mass is 16.4. The van der Waals surface area contributed by atoms with E-state index in [1.165, 1.54) is 135 Å². The monoisotopic (exact) mass is 555 g/mol. The van der Waals surface area contributed by atoms with Crippen molar-refractivity contribution in [2.75, 3.05) is 6.61 Å². The Labute approximate surface area is 244 Å². The van der Waals surface area contributed by atoms with Crippen LogP contribution < -0.4 is 0 Å². The highest BCUT2D eigenvalue weighted by molar-refractivity contribution is 5.87. The predicted molar refractivity (Wildman–Crippen MR) is 168 cm³/mol. The second-order valence-corrected chi connectivity index (χ2v) is 12.4. The summed E-state index contributed by atoms with van der Waals surface area (Å²) in [5.74, 6) is -0.290. The molecule has 0 aromatic carbocycles. The molecule has 39 heavy (non-hydrogen) atoms. The quantitative estimate of drug-likeness (QED) is 0.0723. The van der Waals surface area contributed by atoms with Crippen LogP contribution in [0, 0.1) is 0 Å². The molecule has 0 saturated heterocycles. The summed E-state index contributed by atoms with van der Waals surface area (Å²) in [5.41, 5.74) is -1.79. The van der Waals surface area contributed by atoms with Crippen LogP contribution in [0.4, 0.5) is 0 Å². The van der Waals surface area contributed by atoms with Crippen LogP contribution in [0.15, 0.2) is 0 Å². The van der Waals surface area contributed by atoms with Crippen molar-refractivity contribution in [3.8, 4) is 0 Å². The molecule has 0 heterocycles. The largest absolute Gasteiger partial charge is 0.394 e. The van der Waals surface area contributed by atoms with Crippen molar-refractivity contribution >= 4 is 5.78 Å². The Morgan fingerprint density at radius 1 is 0.513 bits per heavy atom. The molecule has 2 unspecified atom stereocenters. The molecule has 2 atom stereocenters. The summed E-state index contributed by atoms with van der Waals surface area (Å²) < 4.78 is 0. The first-order chi connectivity index (χ1) is 19.0. The summed E-state index contributed by atoms with van der Waals surface area (Å²) in [6, 6.07) is 0. The molecular formula is C35H70O4. The van der Waals surface area contributed by atoms with Gasteiger partial charge in [-0.15, -0.1) is 0 Å². The van der Waals surface area contributed by atoms with Gasteiger partial charge in [0.15, 0.2) is 11.4 Å². The first-order valence-electron chi connectivity index (χ1n) is 17.6. The van der Waals surface area contributed by atoms with E-state index >= 15 is 0 Å². The van der Waals surface area contributed by atoms with Crippen LogP contribution in [0.5, 0.6) is 0 Å². The number of hydrogen-bond acceptors (Lipinski definition) is 4. The van der Waals surface area contributed by atoms with Gasteiger partial charge < -0.3 is 15.3 Å². The van der Waals surface area contributed by atoms with Crippen LogP contribution in [0.25, 0.3) is 0 Å². The van der Waals surface area contributed by atoms with E-state index in [2.05, 4.69) is 13.8 Å². The van der Waals surface area contributed by atoms with Gasteiger partial charge in [-0.25, -0.2) is 0 Å². The fourth-order valence-electron chi connectivity index (χ4n) is 5.75. The number of aliphatic hydroxyl groups excluding tert-OH is 2. The van der Waals surface area contributed by atoms with Crippen LogP contribution in [-0.2, 0) is 4.79 Å². The third kappa shape index (κ3) is 22.9. The SMILES string of the molecule is CCCCCCCCCCCCCCCCC(O)(C(=O)CCCCCCCCCCCCCCC)C(O)CO. The molecule has 0 aromatic rings. The second-order valence-electron chi connectivity index (χ2n) is 12.4. The molecule has 0 radical (unpaired) electrons. The van der Waals surface area contributed by atoms with E-state index in [-0.39, 0.29) is 12.2 Å². The summed E-state index contributed by atoms with van der Waals surface area (Å²) in [7, 11) is 0. The van der Waals surface area contributed by atoms with E-state index in [1.807, 2.05) is 0 Å².